The topological polar surface area (TPSA) is 83.5 Å². The molecule has 0 fully saturated rings. The van der Waals surface area contributed by atoms with Crippen molar-refractivity contribution in [2.24, 2.45) is 5.10 Å². The smallest absolute Gasteiger partial charge is 0.272 e. The molecular weight excluding hydrogens is 196 g/mol. The van der Waals surface area contributed by atoms with Crippen molar-refractivity contribution in [2.75, 3.05) is 5.32 Å². The van der Waals surface area contributed by atoms with Gasteiger partial charge in [-0.3, -0.25) is 14.6 Å². The van der Waals surface area contributed by atoms with Gasteiger partial charge in [-0.25, -0.2) is 5.43 Å². The molecule has 0 atom stereocenters. The Balaban J connectivity index is 2.02. The number of aromatic nitrogens is 1. The monoisotopic (exact) mass is 204 g/mol. The second-order valence-electron chi connectivity index (χ2n) is 2.96. The summed E-state index contributed by atoms with van der Waals surface area (Å²) in [6.45, 7) is 0. The lowest BCUT2D eigenvalue weighted by molar-refractivity contribution is -0.119. The molecule has 0 saturated heterocycles. The molecule has 0 aliphatic carbocycles. The Hall–Kier alpha value is -2.24. The zero-order valence-corrected chi connectivity index (χ0v) is 7.73. The zero-order valence-electron chi connectivity index (χ0n) is 7.73. The lowest BCUT2D eigenvalue weighted by atomic mass is 10.2. The van der Waals surface area contributed by atoms with Gasteiger partial charge in [0.15, 0.2) is 0 Å². The van der Waals surface area contributed by atoms with Crippen molar-refractivity contribution >= 4 is 23.2 Å². The van der Waals surface area contributed by atoms with Crippen LogP contribution in [0.25, 0.3) is 0 Å². The fraction of sp³-hybridized carbons (Fsp3) is 0.111. The van der Waals surface area contributed by atoms with E-state index in [0.29, 0.717) is 5.69 Å². The highest BCUT2D eigenvalue weighted by molar-refractivity contribution is 6.46. The minimum atomic E-state index is -0.375. The van der Waals surface area contributed by atoms with Crippen molar-refractivity contribution in [3.05, 3.63) is 24.5 Å². The van der Waals surface area contributed by atoms with E-state index >= 15 is 0 Å². The van der Waals surface area contributed by atoms with Gasteiger partial charge in [-0.15, -0.1) is 0 Å². The number of anilines is 1. The maximum Gasteiger partial charge on any atom is 0.272 e. The fourth-order valence-corrected chi connectivity index (χ4v) is 1.13. The van der Waals surface area contributed by atoms with Gasteiger partial charge in [-0.1, -0.05) is 0 Å². The van der Waals surface area contributed by atoms with Gasteiger partial charge in [0, 0.05) is 18.1 Å². The van der Waals surface area contributed by atoms with Crippen LogP contribution in [0.4, 0.5) is 5.69 Å². The average molecular weight is 204 g/mol. The Morgan fingerprint density at radius 3 is 2.73 bits per heavy atom. The van der Waals surface area contributed by atoms with Crippen LogP contribution in [0.15, 0.2) is 29.6 Å². The van der Waals surface area contributed by atoms with Gasteiger partial charge in [0.2, 0.25) is 5.91 Å². The first-order chi connectivity index (χ1) is 7.25. The van der Waals surface area contributed by atoms with Crippen LogP contribution >= 0.6 is 0 Å². The van der Waals surface area contributed by atoms with Crippen LogP contribution in [0, 0.1) is 0 Å². The molecule has 6 heteroatoms. The van der Waals surface area contributed by atoms with Gasteiger partial charge in [-0.2, -0.15) is 5.10 Å². The van der Waals surface area contributed by atoms with E-state index in [0.717, 1.165) is 0 Å². The minimum absolute atomic E-state index is 0.0247. The molecule has 2 N–H and O–H groups in total. The average Bonchev–Trinajstić information content (AvgIpc) is 2.66. The summed E-state index contributed by atoms with van der Waals surface area (Å²) in [6.07, 6.45) is 3.15. The quantitative estimate of drug-likeness (QED) is 0.705. The molecule has 2 amide bonds. The van der Waals surface area contributed by atoms with Crippen molar-refractivity contribution in [2.45, 2.75) is 6.42 Å². The third-order valence-electron chi connectivity index (χ3n) is 1.84. The minimum Gasteiger partial charge on any atom is -0.321 e. The highest BCUT2D eigenvalue weighted by Crippen LogP contribution is 2.05. The van der Waals surface area contributed by atoms with Crippen molar-refractivity contribution < 1.29 is 9.59 Å². The number of hydrazone groups is 1. The lowest BCUT2D eigenvalue weighted by Gasteiger charge is -2.02. The molecule has 2 rings (SSSR count). The summed E-state index contributed by atoms with van der Waals surface area (Å²) in [5.74, 6) is -0.644. The largest absolute Gasteiger partial charge is 0.321 e. The molecule has 2 heterocycles. The van der Waals surface area contributed by atoms with E-state index in [2.05, 4.69) is 20.8 Å². The number of amides is 2. The van der Waals surface area contributed by atoms with Crippen molar-refractivity contribution in [3.8, 4) is 0 Å². The van der Waals surface area contributed by atoms with Gasteiger partial charge in [-0.05, 0) is 12.1 Å². The van der Waals surface area contributed by atoms with E-state index in [1.54, 1.807) is 24.5 Å². The first-order valence-corrected chi connectivity index (χ1v) is 4.32. The molecule has 0 radical (unpaired) electrons. The number of carbonyl (C=O) groups excluding carboxylic acids is 2. The van der Waals surface area contributed by atoms with Crippen LogP contribution in [0.3, 0.4) is 0 Å². The fourth-order valence-electron chi connectivity index (χ4n) is 1.13. The van der Waals surface area contributed by atoms with Crippen LogP contribution in [0.5, 0.6) is 0 Å². The molecule has 1 aliphatic rings. The second kappa shape index (κ2) is 3.87. The molecule has 0 spiro atoms. The second-order valence-corrected chi connectivity index (χ2v) is 2.96. The standard InChI is InChI=1S/C9H8N4O2/c14-8-5-7(12-13-8)9(15)11-6-1-3-10-4-2-6/h1-4H,5H2,(H,13,14)(H,10,11,15). The highest BCUT2D eigenvalue weighted by Gasteiger charge is 2.21. The van der Waals surface area contributed by atoms with Crippen LogP contribution in [0.1, 0.15) is 6.42 Å². The maximum atomic E-state index is 11.5. The Bertz CT molecular complexity index is 427. The van der Waals surface area contributed by atoms with Crippen LogP contribution in [-0.2, 0) is 9.59 Å². The molecule has 15 heavy (non-hydrogen) atoms. The van der Waals surface area contributed by atoms with E-state index in [1.807, 2.05) is 0 Å². The Kier molecular flexibility index (Phi) is 2.40. The third-order valence-corrected chi connectivity index (χ3v) is 1.84. The number of rotatable bonds is 2. The summed E-state index contributed by atoms with van der Waals surface area (Å²) >= 11 is 0. The van der Waals surface area contributed by atoms with Gasteiger partial charge < -0.3 is 5.32 Å². The summed E-state index contributed by atoms with van der Waals surface area (Å²) in [5, 5.41) is 6.20. The third kappa shape index (κ3) is 2.16. The molecule has 0 unspecified atom stereocenters. The summed E-state index contributed by atoms with van der Waals surface area (Å²) in [5.41, 5.74) is 3.03. The number of nitrogens with zero attached hydrogens (tertiary/aromatic N) is 2. The summed E-state index contributed by atoms with van der Waals surface area (Å²) in [6, 6.07) is 3.31. The van der Waals surface area contributed by atoms with E-state index in [4.69, 9.17) is 0 Å². The van der Waals surface area contributed by atoms with E-state index in [9.17, 15) is 9.59 Å². The first kappa shape index (κ1) is 9.32. The van der Waals surface area contributed by atoms with Gasteiger partial charge in [0.05, 0.1) is 6.42 Å². The molecule has 0 aromatic carbocycles. The van der Waals surface area contributed by atoms with Gasteiger partial charge in [0.25, 0.3) is 5.91 Å². The molecule has 0 bridgehead atoms. The van der Waals surface area contributed by atoms with E-state index < -0.39 is 0 Å². The first-order valence-electron chi connectivity index (χ1n) is 4.32. The van der Waals surface area contributed by atoms with Gasteiger partial charge in [0.1, 0.15) is 5.71 Å². The zero-order chi connectivity index (χ0) is 10.7. The summed E-state index contributed by atoms with van der Waals surface area (Å²) in [7, 11) is 0. The number of pyridine rings is 1. The Morgan fingerprint density at radius 1 is 1.40 bits per heavy atom. The van der Waals surface area contributed by atoms with Crippen molar-refractivity contribution in [1.29, 1.82) is 0 Å². The molecule has 0 saturated carbocycles. The maximum absolute atomic E-state index is 11.5. The van der Waals surface area contributed by atoms with Crippen LogP contribution < -0.4 is 10.7 Å². The number of hydrogen-bond donors (Lipinski definition) is 2. The predicted octanol–water partition coefficient (Wildman–Crippen LogP) is -0.104. The molecule has 1 aromatic heterocycles. The Labute approximate surface area is 85.4 Å². The van der Waals surface area contributed by atoms with Gasteiger partial charge >= 0.3 is 0 Å². The van der Waals surface area contributed by atoms with E-state index in [1.165, 1.54) is 0 Å². The Morgan fingerprint density at radius 2 is 2.13 bits per heavy atom. The molecule has 6 nitrogen and oxygen atoms in total. The molecule has 76 valence electrons. The summed E-state index contributed by atoms with van der Waals surface area (Å²) < 4.78 is 0. The SMILES string of the molecule is O=C1CC(C(=O)Nc2ccncc2)=NN1. The van der Waals surface area contributed by atoms with E-state index in [-0.39, 0.29) is 23.9 Å². The highest BCUT2D eigenvalue weighted by atomic mass is 16.2. The van der Waals surface area contributed by atoms with Crippen molar-refractivity contribution in [3.63, 3.8) is 0 Å². The van der Waals surface area contributed by atoms with Crippen LogP contribution in [0.2, 0.25) is 0 Å². The molecule has 1 aromatic rings. The summed E-state index contributed by atoms with van der Waals surface area (Å²) in [4.78, 5) is 26.1. The number of hydrogen-bond acceptors (Lipinski definition) is 4. The predicted molar refractivity (Wildman–Crippen MR) is 53.1 cm³/mol. The normalized spacial score (nSPS) is 14.4. The number of carbonyl (C=O) groups is 2. The van der Waals surface area contributed by atoms with Crippen molar-refractivity contribution in [1.82, 2.24) is 10.4 Å². The van der Waals surface area contributed by atoms with Crippen LogP contribution in [-0.4, -0.2) is 22.5 Å². The lowest BCUT2D eigenvalue weighted by Crippen LogP contribution is -2.22. The molecular formula is C9H8N4O2. The number of nitrogens with one attached hydrogen (secondary N) is 2. The molecule has 1 aliphatic heterocycles.